The lowest BCUT2D eigenvalue weighted by Gasteiger charge is -2.34. The second-order valence-electron chi connectivity index (χ2n) is 4.99. The van der Waals surface area contributed by atoms with Crippen LogP contribution < -0.4 is 5.73 Å². The molecule has 1 saturated heterocycles. The molecular weight excluding hydrogens is 202 g/mol. The van der Waals surface area contributed by atoms with Crippen LogP contribution in [0.3, 0.4) is 0 Å². The summed E-state index contributed by atoms with van der Waals surface area (Å²) in [4.78, 5) is 6.63. The van der Waals surface area contributed by atoms with E-state index in [1.807, 2.05) is 0 Å². The van der Waals surface area contributed by atoms with Crippen LogP contribution in [0.4, 0.5) is 0 Å². The smallest absolute Gasteiger partial charge is 0.191 e. The van der Waals surface area contributed by atoms with Crippen molar-refractivity contribution in [1.29, 1.82) is 0 Å². The zero-order chi connectivity index (χ0) is 11.7. The van der Waals surface area contributed by atoms with Crippen LogP contribution in [0.2, 0.25) is 0 Å². The van der Waals surface area contributed by atoms with Crippen molar-refractivity contribution >= 4 is 5.96 Å². The quantitative estimate of drug-likeness (QED) is 0.789. The fourth-order valence-corrected chi connectivity index (χ4v) is 2.69. The van der Waals surface area contributed by atoms with Crippen molar-refractivity contribution < 1.29 is 4.74 Å². The Labute approximate surface area is 97.9 Å². The molecule has 0 aromatic carbocycles. The molecule has 2 heterocycles. The fourth-order valence-electron chi connectivity index (χ4n) is 2.69. The first-order valence-corrected chi connectivity index (χ1v) is 6.37. The highest BCUT2D eigenvalue weighted by atomic mass is 16.5. The van der Waals surface area contributed by atoms with E-state index in [1.165, 1.54) is 0 Å². The number of rotatable bonds is 3. The minimum Gasteiger partial charge on any atom is -0.373 e. The average molecular weight is 225 g/mol. The number of nitrogens with zero attached hydrogens (tertiary/aromatic N) is 2. The predicted octanol–water partition coefficient (Wildman–Crippen LogP) is 1.35. The van der Waals surface area contributed by atoms with Crippen LogP contribution >= 0.6 is 0 Å². The molecule has 0 aromatic heterocycles. The number of hydrogen-bond donors (Lipinski definition) is 1. The van der Waals surface area contributed by atoms with Crippen LogP contribution in [0, 0.1) is 0 Å². The van der Waals surface area contributed by atoms with Crippen molar-refractivity contribution in [3.8, 4) is 0 Å². The van der Waals surface area contributed by atoms with Gasteiger partial charge in [0, 0.05) is 6.04 Å². The summed E-state index contributed by atoms with van der Waals surface area (Å²) in [5.41, 5.74) is 5.97. The summed E-state index contributed by atoms with van der Waals surface area (Å²) in [6.07, 6.45) is 4.10. The van der Waals surface area contributed by atoms with Crippen LogP contribution in [-0.2, 0) is 4.74 Å². The zero-order valence-corrected chi connectivity index (χ0v) is 10.5. The maximum atomic E-state index is 5.97. The molecule has 4 nitrogen and oxygen atoms in total. The second-order valence-corrected chi connectivity index (χ2v) is 4.99. The van der Waals surface area contributed by atoms with E-state index in [9.17, 15) is 0 Å². The Morgan fingerprint density at radius 2 is 2.31 bits per heavy atom. The molecule has 2 aliphatic rings. The topological polar surface area (TPSA) is 50.8 Å². The molecule has 0 spiro atoms. The molecule has 2 rings (SSSR count). The number of ether oxygens (including phenoxy) is 1. The van der Waals surface area contributed by atoms with Gasteiger partial charge in [0.1, 0.15) is 0 Å². The third kappa shape index (κ3) is 2.03. The molecule has 16 heavy (non-hydrogen) atoms. The molecule has 0 amide bonds. The van der Waals surface area contributed by atoms with Gasteiger partial charge >= 0.3 is 0 Å². The number of guanidine groups is 1. The van der Waals surface area contributed by atoms with Crippen molar-refractivity contribution in [2.45, 2.75) is 64.3 Å². The Bertz CT molecular complexity index is 279. The van der Waals surface area contributed by atoms with E-state index in [1.54, 1.807) is 0 Å². The molecule has 0 bridgehead atoms. The summed E-state index contributed by atoms with van der Waals surface area (Å²) in [5, 5.41) is 0. The van der Waals surface area contributed by atoms with E-state index in [0.29, 0.717) is 30.3 Å². The second kappa shape index (κ2) is 4.62. The molecular formula is C12H23N3O. The Morgan fingerprint density at radius 3 is 2.88 bits per heavy atom. The minimum atomic E-state index is 0.314. The van der Waals surface area contributed by atoms with Gasteiger partial charge in [-0.25, -0.2) is 0 Å². The number of aliphatic imine (C=N–C) groups is 1. The monoisotopic (exact) mass is 225 g/mol. The van der Waals surface area contributed by atoms with E-state index < -0.39 is 0 Å². The lowest BCUT2D eigenvalue weighted by molar-refractivity contribution is 0.0105. The van der Waals surface area contributed by atoms with Crippen molar-refractivity contribution in [3.63, 3.8) is 0 Å². The average Bonchev–Trinajstić information content (AvgIpc) is 2.83. The van der Waals surface area contributed by atoms with Gasteiger partial charge in [-0.1, -0.05) is 6.92 Å². The van der Waals surface area contributed by atoms with Gasteiger partial charge in [0.05, 0.1) is 24.8 Å². The van der Waals surface area contributed by atoms with Crippen LogP contribution in [0.25, 0.3) is 0 Å². The fraction of sp³-hybridized carbons (Fsp3) is 0.917. The normalized spacial score (nSPS) is 36.6. The van der Waals surface area contributed by atoms with Crippen molar-refractivity contribution in [1.82, 2.24) is 4.90 Å². The lowest BCUT2D eigenvalue weighted by Crippen LogP contribution is -2.51. The molecule has 0 radical (unpaired) electrons. The Kier molecular flexibility index (Phi) is 3.38. The lowest BCUT2D eigenvalue weighted by atomic mass is 10.0. The van der Waals surface area contributed by atoms with E-state index in [4.69, 9.17) is 10.5 Å². The number of hydrogen-bond acceptors (Lipinski definition) is 4. The van der Waals surface area contributed by atoms with Gasteiger partial charge in [0.2, 0.25) is 0 Å². The molecule has 0 aromatic rings. The molecule has 92 valence electrons. The highest BCUT2D eigenvalue weighted by Gasteiger charge is 2.38. The van der Waals surface area contributed by atoms with Gasteiger partial charge in [-0.15, -0.1) is 0 Å². The third-order valence-corrected chi connectivity index (χ3v) is 3.82. The van der Waals surface area contributed by atoms with Crippen molar-refractivity contribution in [2.24, 2.45) is 10.7 Å². The maximum Gasteiger partial charge on any atom is 0.191 e. The summed E-state index contributed by atoms with van der Waals surface area (Å²) < 4.78 is 5.95. The van der Waals surface area contributed by atoms with Gasteiger partial charge in [0.15, 0.2) is 5.96 Å². The van der Waals surface area contributed by atoms with E-state index in [-0.39, 0.29) is 0 Å². The maximum absolute atomic E-state index is 5.97. The van der Waals surface area contributed by atoms with Crippen LogP contribution in [0.1, 0.15) is 40.0 Å². The van der Waals surface area contributed by atoms with Crippen LogP contribution in [0.5, 0.6) is 0 Å². The highest BCUT2D eigenvalue weighted by molar-refractivity contribution is 5.80. The highest BCUT2D eigenvalue weighted by Crippen LogP contribution is 2.28. The molecule has 1 fully saturated rings. The van der Waals surface area contributed by atoms with Gasteiger partial charge in [0.25, 0.3) is 0 Å². The Morgan fingerprint density at radius 1 is 1.56 bits per heavy atom. The first-order valence-electron chi connectivity index (χ1n) is 6.37. The summed E-state index contributed by atoms with van der Waals surface area (Å²) in [5.74, 6) is 0.697. The Balaban J connectivity index is 2.05. The molecule has 4 unspecified atom stereocenters. The van der Waals surface area contributed by atoms with Gasteiger partial charge in [-0.2, -0.15) is 0 Å². The molecule has 2 N–H and O–H groups in total. The van der Waals surface area contributed by atoms with Crippen LogP contribution in [-0.4, -0.2) is 41.7 Å². The minimum absolute atomic E-state index is 0.314. The first kappa shape index (κ1) is 11.7. The predicted molar refractivity (Wildman–Crippen MR) is 65.4 cm³/mol. The molecule has 4 heteroatoms. The van der Waals surface area contributed by atoms with Gasteiger partial charge < -0.3 is 15.4 Å². The largest absolute Gasteiger partial charge is 0.373 e. The van der Waals surface area contributed by atoms with Gasteiger partial charge in [-0.05, 0) is 33.1 Å². The molecule has 2 aliphatic heterocycles. The zero-order valence-electron chi connectivity index (χ0n) is 10.5. The summed E-state index contributed by atoms with van der Waals surface area (Å²) in [6.45, 7) is 7.34. The molecule has 0 aliphatic carbocycles. The van der Waals surface area contributed by atoms with Crippen molar-refractivity contribution in [2.75, 3.05) is 6.54 Å². The van der Waals surface area contributed by atoms with E-state index in [0.717, 1.165) is 25.8 Å². The summed E-state index contributed by atoms with van der Waals surface area (Å²) in [7, 11) is 0. The molecule has 0 saturated carbocycles. The molecule has 4 atom stereocenters. The van der Waals surface area contributed by atoms with E-state index >= 15 is 0 Å². The summed E-state index contributed by atoms with van der Waals surface area (Å²) >= 11 is 0. The van der Waals surface area contributed by atoms with Crippen molar-refractivity contribution in [3.05, 3.63) is 0 Å². The third-order valence-electron chi connectivity index (χ3n) is 3.82. The Hall–Kier alpha value is -0.770. The summed E-state index contributed by atoms with van der Waals surface area (Å²) in [6, 6.07) is 0.815. The SMILES string of the molecule is CCC(C)N1C(N)=NCC1C1CCC(C)O1. The standard InChI is InChI=1S/C12H23N3O/c1-4-8(2)15-10(7-14-12(15)13)11-6-5-9(3)16-11/h8-11H,4-7H2,1-3H3,(H2,13,14). The van der Waals surface area contributed by atoms with Gasteiger partial charge in [-0.3, -0.25) is 4.99 Å². The van der Waals surface area contributed by atoms with Crippen LogP contribution in [0.15, 0.2) is 4.99 Å². The van der Waals surface area contributed by atoms with E-state index in [2.05, 4.69) is 30.7 Å². The first-order chi connectivity index (χ1) is 7.63. The number of nitrogens with two attached hydrogens (primary N) is 1.